The minimum absolute atomic E-state index is 0.0345. The summed E-state index contributed by atoms with van der Waals surface area (Å²) >= 11 is 0. The molecule has 1 fully saturated rings. The molecule has 0 bridgehead atoms. The Bertz CT molecular complexity index is 931. The highest BCUT2D eigenvalue weighted by Gasteiger charge is 2.17. The van der Waals surface area contributed by atoms with E-state index in [0.717, 1.165) is 18.4 Å². The van der Waals surface area contributed by atoms with Gasteiger partial charge in [-0.2, -0.15) is 0 Å². The molecule has 1 amide bonds. The van der Waals surface area contributed by atoms with Gasteiger partial charge in [0.05, 0.1) is 5.56 Å². The Hall–Kier alpha value is -3.15. The van der Waals surface area contributed by atoms with E-state index in [2.05, 4.69) is 15.5 Å². The van der Waals surface area contributed by atoms with Crippen molar-refractivity contribution in [1.82, 2.24) is 15.5 Å². The molecular formula is C23H25N3O3. The second kappa shape index (κ2) is 9.37. The van der Waals surface area contributed by atoms with Crippen LogP contribution in [0.15, 0.2) is 59.0 Å². The van der Waals surface area contributed by atoms with Gasteiger partial charge in [-0.05, 0) is 37.1 Å². The van der Waals surface area contributed by atoms with E-state index in [1.807, 2.05) is 48.5 Å². The zero-order valence-electron chi connectivity index (χ0n) is 16.3. The van der Waals surface area contributed by atoms with Gasteiger partial charge in [0.25, 0.3) is 11.8 Å². The van der Waals surface area contributed by atoms with Crippen LogP contribution < -0.4 is 10.1 Å². The molecule has 0 aliphatic heterocycles. The van der Waals surface area contributed by atoms with Crippen LogP contribution in [0.3, 0.4) is 0 Å². The largest absolute Gasteiger partial charge is 0.483 e. The molecule has 4 rings (SSSR count). The molecule has 150 valence electrons. The van der Waals surface area contributed by atoms with Crippen LogP contribution in [-0.4, -0.2) is 28.8 Å². The summed E-state index contributed by atoms with van der Waals surface area (Å²) in [5.74, 6) is 1.26. The normalized spacial score (nSPS) is 14.9. The summed E-state index contributed by atoms with van der Waals surface area (Å²) in [4.78, 5) is 12.3. The predicted octanol–water partition coefficient (Wildman–Crippen LogP) is 4.62. The summed E-state index contributed by atoms with van der Waals surface area (Å²) < 4.78 is 11.6. The van der Waals surface area contributed by atoms with Gasteiger partial charge >= 0.3 is 0 Å². The summed E-state index contributed by atoms with van der Waals surface area (Å²) in [5, 5.41) is 11.4. The number of rotatable bonds is 6. The van der Waals surface area contributed by atoms with Gasteiger partial charge in [0.15, 0.2) is 6.61 Å². The number of ether oxygens (including phenoxy) is 1. The van der Waals surface area contributed by atoms with Gasteiger partial charge in [0.1, 0.15) is 5.75 Å². The molecule has 6 nitrogen and oxygen atoms in total. The lowest BCUT2D eigenvalue weighted by Crippen LogP contribution is -2.37. The smallest absolute Gasteiger partial charge is 0.258 e. The Morgan fingerprint density at radius 1 is 0.931 bits per heavy atom. The third-order valence-corrected chi connectivity index (χ3v) is 5.14. The van der Waals surface area contributed by atoms with E-state index in [1.54, 1.807) is 6.07 Å². The zero-order chi connectivity index (χ0) is 19.9. The first-order valence-electron chi connectivity index (χ1n) is 10.2. The van der Waals surface area contributed by atoms with Gasteiger partial charge in [0, 0.05) is 11.6 Å². The number of hydrogen-bond acceptors (Lipinski definition) is 5. The molecule has 6 heteroatoms. The summed E-state index contributed by atoms with van der Waals surface area (Å²) in [5.41, 5.74) is 1.52. The average molecular weight is 391 g/mol. The monoisotopic (exact) mass is 391 g/mol. The van der Waals surface area contributed by atoms with E-state index in [0.29, 0.717) is 23.1 Å². The maximum Gasteiger partial charge on any atom is 0.258 e. The number of nitrogens with zero attached hydrogens (tertiary/aromatic N) is 2. The zero-order valence-corrected chi connectivity index (χ0v) is 16.3. The topological polar surface area (TPSA) is 77.2 Å². The highest BCUT2D eigenvalue weighted by atomic mass is 16.5. The van der Waals surface area contributed by atoms with Gasteiger partial charge in [-0.1, -0.05) is 56.0 Å². The lowest BCUT2D eigenvalue weighted by Gasteiger charge is -2.16. The van der Waals surface area contributed by atoms with Crippen LogP contribution in [0.2, 0.25) is 0 Å². The second-order valence-electron chi connectivity index (χ2n) is 7.32. The van der Waals surface area contributed by atoms with Crippen molar-refractivity contribution in [3.8, 4) is 28.7 Å². The number of carbonyl (C=O) groups excluding carboxylic acids is 1. The van der Waals surface area contributed by atoms with Crippen LogP contribution in [0.25, 0.3) is 22.9 Å². The molecule has 0 radical (unpaired) electrons. The molecular weight excluding hydrogens is 366 g/mol. The predicted molar refractivity (Wildman–Crippen MR) is 110 cm³/mol. The molecule has 1 aromatic heterocycles. The van der Waals surface area contributed by atoms with Crippen molar-refractivity contribution in [3.63, 3.8) is 0 Å². The number of hydrogen-bond donors (Lipinski definition) is 1. The lowest BCUT2D eigenvalue weighted by molar-refractivity contribution is -0.123. The van der Waals surface area contributed by atoms with Crippen LogP contribution >= 0.6 is 0 Å². The van der Waals surface area contributed by atoms with Gasteiger partial charge < -0.3 is 14.5 Å². The second-order valence-corrected chi connectivity index (χ2v) is 7.32. The maximum atomic E-state index is 12.3. The highest BCUT2D eigenvalue weighted by Crippen LogP contribution is 2.30. The number of para-hydroxylation sites is 1. The van der Waals surface area contributed by atoms with Gasteiger partial charge in [-0.15, -0.1) is 10.2 Å². The first-order chi connectivity index (χ1) is 14.3. The van der Waals surface area contributed by atoms with Crippen molar-refractivity contribution in [2.75, 3.05) is 6.61 Å². The molecule has 1 N–H and O–H groups in total. The van der Waals surface area contributed by atoms with Crippen LogP contribution in [0.5, 0.6) is 5.75 Å². The third-order valence-electron chi connectivity index (χ3n) is 5.14. The Labute approximate surface area is 170 Å². The fraction of sp³-hybridized carbons (Fsp3) is 0.348. The van der Waals surface area contributed by atoms with Crippen LogP contribution in [0, 0.1) is 0 Å². The fourth-order valence-electron chi connectivity index (χ4n) is 3.63. The molecule has 1 saturated carbocycles. The number of nitrogens with one attached hydrogen (secondary N) is 1. The van der Waals surface area contributed by atoms with Crippen LogP contribution in [0.4, 0.5) is 0 Å². The van der Waals surface area contributed by atoms with Gasteiger partial charge in [0.2, 0.25) is 5.89 Å². The first kappa shape index (κ1) is 19.2. The molecule has 0 unspecified atom stereocenters. The molecule has 1 aliphatic carbocycles. The van der Waals surface area contributed by atoms with E-state index < -0.39 is 0 Å². The van der Waals surface area contributed by atoms with E-state index in [1.165, 1.54) is 25.7 Å². The Balaban J connectivity index is 1.42. The maximum absolute atomic E-state index is 12.3. The Kier molecular flexibility index (Phi) is 6.19. The molecule has 0 atom stereocenters. The number of carbonyl (C=O) groups is 1. The Morgan fingerprint density at radius 3 is 2.41 bits per heavy atom. The molecule has 1 heterocycles. The minimum atomic E-state index is -0.0952. The van der Waals surface area contributed by atoms with E-state index in [4.69, 9.17) is 9.15 Å². The van der Waals surface area contributed by atoms with Crippen molar-refractivity contribution in [2.24, 2.45) is 0 Å². The van der Waals surface area contributed by atoms with E-state index >= 15 is 0 Å². The van der Waals surface area contributed by atoms with E-state index in [-0.39, 0.29) is 18.6 Å². The van der Waals surface area contributed by atoms with Crippen molar-refractivity contribution >= 4 is 5.91 Å². The highest BCUT2D eigenvalue weighted by molar-refractivity contribution is 5.78. The minimum Gasteiger partial charge on any atom is -0.483 e. The number of aromatic nitrogens is 2. The molecule has 1 aliphatic rings. The first-order valence-corrected chi connectivity index (χ1v) is 10.2. The molecule has 2 aromatic carbocycles. The van der Waals surface area contributed by atoms with E-state index in [9.17, 15) is 4.79 Å². The summed E-state index contributed by atoms with van der Waals surface area (Å²) in [7, 11) is 0. The van der Waals surface area contributed by atoms with Gasteiger partial charge in [-0.3, -0.25) is 4.79 Å². The number of amides is 1. The molecule has 3 aromatic rings. The average Bonchev–Trinajstić information content (AvgIpc) is 3.12. The lowest BCUT2D eigenvalue weighted by atomic mass is 10.1. The third kappa shape index (κ3) is 5.02. The van der Waals surface area contributed by atoms with Crippen LogP contribution in [0.1, 0.15) is 38.5 Å². The SMILES string of the molecule is O=C(COc1ccccc1-c1nnc(-c2ccccc2)o1)NC1CCCCCC1. The molecule has 0 spiro atoms. The standard InChI is InChI=1S/C23H25N3O3/c27-21(24-18-12-6-1-2-7-13-18)16-28-20-15-9-8-14-19(20)23-26-25-22(29-23)17-10-4-3-5-11-17/h3-5,8-11,14-15,18H,1-2,6-7,12-13,16H2,(H,24,27). The van der Waals surface area contributed by atoms with Crippen molar-refractivity contribution < 1.29 is 13.9 Å². The number of benzene rings is 2. The molecule has 0 saturated heterocycles. The summed E-state index contributed by atoms with van der Waals surface area (Å²) in [6.45, 7) is -0.0345. The molecule has 29 heavy (non-hydrogen) atoms. The Morgan fingerprint density at radius 2 is 1.62 bits per heavy atom. The summed E-state index contributed by atoms with van der Waals surface area (Å²) in [6, 6.07) is 17.2. The van der Waals surface area contributed by atoms with Crippen molar-refractivity contribution in [2.45, 2.75) is 44.6 Å². The van der Waals surface area contributed by atoms with Crippen molar-refractivity contribution in [3.05, 3.63) is 54.6 Å². The van der Waals surface area contributed by atoms with Gasteiger partial charge in [-0.25, -0.2) is 0 Å². The summed E-state index contributed by atoms with van der Waals surface area (Å²) in [6.07, 6.45) is 6.96. The fourth-order valence-corrected chi connectivity index (χ4v) is 3.63. The van der Waals surface area contributed by atoms with Crippen LogP contribution in [-0.2, 0) is 4.79 Å². The van der Waals surface area contributed by atoms with Crippen molar-refractivity contribution in [1.29, 1.82) is 0 Å². The quantitative estimate of drug-likeness (QED) is 0.620.